The summed E-state index contributed by atoms with van der Waals surface area (Å²) in [7, 11) is 4.16. The van der Waals surface area contributed by atoms with Crippen LogP contribution in [0.15, 0.2) is 36.8 Å². The van der Waals surface area contributed by atoms with Crippen LogP contribution in [0.1, 0.15) is 27.8 Å². The first kappa shape index (κ1) is 18.1. The van der Waals surface area contributed by atoms with Gasteiger partial charge in [0.25, 0.3) is 0 Å². The number of rotatable bonds is 5. The second-order valence-corrected chi connectivity index (χ2v) is 7.31. The van der Waals surface area contributed by atoms with E-state index in [2.05, 4.69) is 85.2 Å². The Morgan fingerprint density at radius 1 is 0.962 bits per heavy atom. The quantitative estimate of drug-likeness (QED) is 0.746. The summed E-state index contributed by atoms with van der Waals surface area (Å²) in [6.07, 6.45) is 6.16. The summed E-state index contributed by atoms with van der Waals surface area (Å²) in [6, 6.07) is 6.36. The largest absolute Gasteiger partial charge is 0.324 e. The Balaban J connectivity index is 1.93. The molecule has 0 aliphatic carbocycles. The van der Waals surface area contributed by atoms with E-state index < -0.39 is 0 Å². The highest BCUT2D eigenvalue weighted by Gasteiger charge is 2.10. The monoisotopic (exact) mass is 349 g/mol. The van der Waals surface area contributed by atoms with Crippen LogP contribution in [-0.2, 0) is 6.54 Å². The smallest absolute Gasteiger partial charge is 0.229 e. The third-order valence-corrected chi connectivity index (χ3v) is 4.29. The summed E-state index contributed by atoms with van der Waals surface area (Å²) in [5, 5.41) is 3.33. The number of nitrogens with one attached hydrogen (secondary N) is 1. The molecule has 1 aromatic carbocycles. The molecular formula is C21H27N5. The van der Waals surface area contributed by atoms with Gasteiger partial charge in [0.2, 0.25) is 5.95 Å². The molecule has 5 nitrogen and oxygen atoms in total. The standard InChI is InChI=1S/C21H27N5/c1-14-7-15(2)9-19(8-14)23-21-22-10-16(3)20(24-21)26-11-17(4)18(13-26)12-25(5)6/h7-11,13H,12H2,1-6H3,(H,22,23,24). The molecule has 0 saturated heterocycles. The fourth-order valence-electron chi connectivity index (χ4n) is 3.16. The molecule has 0 unspecified atom stereocenters. The van der Waals surface area contributed by atoms with Gasteiger partial charge in [0.05, 0.1) is 0 Å². The fourth-order valence-corrected chi connectivity index (χ4v) is 3.16. The van der Waals surface area contributed by atoms with Gasteiger partial charge in [0.1, 0.15) is 5.82 Å². The molecule has 0 spiro atoms. The van der Waals surface area contributed by atoms with Crippen molar-refractivity contribution in [3.8, 4) is 5.82 Å². The SMILES string of the molecule is Cc1cc(C)cc(Nc2ncc(C)c(-n3cc(C)c(CN(C)C)c3)n2)c1. The first-order valence-corrected chi connectivity index (χ1v) is 8.83. The third kappa shape index (κ3) is 4.11. The highest BCUT2D eigenvalue weighted by molar-refractivity contribution is 5.57. The number of aromatic nitrogens is 3. The Morgan fingerprint density at radius 2 is 1.65 bits per heavy atom. The lowest BCUT2D eigenvalue weighted by atomic mass is 10.1. The van der Waals surface area contributed by atoms with E-state index in [4.69, 9.17) is 4.98 Å². The molecular weight excluding hydrogens is 322 g/mol. The minimum Gasteiger partial charge on any atom is -0.324 e. The maximum absolute atomic E-state index is 4.76. The predicted molar refractivity (Wildman–Crippen MR) is 107 cm³/mol. The van der Waals surface area contributed by atoms with Crippen molar-refractivity contribution in [1.82, 2.24) is 19.4 Å². The van der Waals surface area contributed by atoms with Crippen molar-refractivity contribution in [1.29, 1.82) is 0 Å². The summed E-state index contributed by atoms with van der Waals surface area (Å²) < 4.78 is 2.10. The number of nitrogens with zero attached hydrogens (tertiary/aromatic N) is 4. The van der Waals surface area contributed by atoms with Crippen LogP contribution in [0.3, 0.4) is 0 Å². The maximum atomic E-state index is 4.76. The third-order valence-electron chi connectivity index (χ3n) is 4.29. The normalized spacial score (nSPS) is 11.2. The van der Waals surface area contributed by atoms with Crippen molar-refractivity contribution < 1.29 is 0 Å². The lowest BCUT2D eigenvalue weighted by molar-refractivity contribution is 0.401. The molecule has 2 aromatic heterocycles. The van der Waals surface area contributed by atoms with E-state index in [1.54, 1.807) is 0 Å². The molecule has 3 aromatic rings. The van der Waals surface area contributed by atoms with Gasteiger partial charge in [-0.25, -0.2) is 4.98 Å². The zero-order valence-corrected chi connectivity index (χ0v) is 16.5. The fraction of sp³-hybridized carbons (Fsp3) is 0.333. The Hall–Kier alpha value is -2.66. The van der Waals surface area contributed by atoms with Gasteiger partial charge in [-0.05, 0) is 76.2 Å². The second kappa shape index (κ2) is 7.30. The molecule has 0 saturated carbocycles. The van der Waals surface area contributed by atoms with Crippen LogP contribution in [0.4, 0.5) is 11.6 Å². The van der Waals surface area contributed by atoms with Crippen LogP contribution >= 0.6 is 0 Å². The van der Waals surface area contributed by atoms with E-state index in [1.807, 2.05) is 13.1 Å². The highest BCUT2D eigenvalue weighted by atomic mass is 15.2. The summed E-state index contributed by atoms with van der Waals surface area (Å²) in [4.78, 5) is 11.4. The number of benzene rings is 1. The Morgan fingerprint density at radius 3 is 2.31 bits per heavy atom. The van der Waals surface area contributed by atoms with Crippen LogP contribution in [0.25, 0.3) is 5.82 Å². The molecule has 0 fully saturated rings. The molecule has 26 heavy (non-hydrogen) atoms. The number of aryl methyl sites for hydroxylation is 4. The Labute approximate surface area is 155 Å². The molecule has 2 heterocycles. The molecule has 0 radical (unpaired) electrons. The van der Waals surface area contributed by atoms with Crippen LogP contribution in [-0.4, -0.2) is 33.5 Å². The average Bonchev–Trinajstić information content (AvgIpc) is 2.88. The molecule has 0 aliphatic heterocycles. The zero-order valence-electron chi connectivity index (χ0n) is 16.5. The van der Waals surface area contributed by atoms with Gasteiger partial charge in [-0.1, -0.05) is 6.07 Å². The van der Waals surface area contributed by atoms with E-state index in [0.717, 1.165) is 23.6 Å². The molecule has 0 amide bonds. The van der Waals surface area contributed by atoms with Gasteiger partial charge < -0.3 is 14.8 Å². The average molecular weight is 349 g/mol. The number of hydrogen-bond donors (Lipinski definition) is 1. The molecule has 5 heteroatoms. The summed E-state index contributed by atoms with van der Waals surface area (Å²) >= 11 is 0. The lowest BCUT2D eigenvalue weighted by Crippen LogP contribution is -2.10. The zero-order chi connectivity index (χ0) is 18.8. The van der Waals surface area contributed by atoms with Crippen LogP contribution in [0, 0.1) is 27.7 Å². The number of anilines is 2. The van der Waals surface area contributed by atoms with E-state index in [0.29, 0.717) is 5.95 Å². The second-order valence-electron chi connectivity index (χ2n) is 7.31. The van der Waals surface area contributed by atoms with E-state index in [-0.39, 0.29) is 0 Å². The first-order valence-electron chi connectivity index (χ1n) is 8.83. The molecule has 0 bridgehead atoms. The van der Waals surface area contributed by atoms with Gasteiger partial charge in [-0.3, -0.25) is 0 Å². The lowest BCUT2D eigenvalue weighted by Gasteiger charge is -2.11. The van der Waals surface area contributed by atoms with Crippen molar-refractivity contribution in [2.75, 3.05) is 19.4 Å². The summed E-state index contributed by atoms with van der Waals surface area (Å²) in [6.45, 7) is 9.27. The molecule has 0 atom stereocenters. The van der Waals surface area contributed by atoms with Crippen molar-refractivity contribution in [3.05, 3.63) is 64.6 Å². The van der Waals surface area contributed by atoms with Crippen LogP contribution < -0.4 is 5.32 Å². The van der Waals surface area contributed by atoms with Crippen molar-refractivity contribution in [2.45, 2.75) is 34.2 Å². The van der Waals surface area contributed by atoms with Gasteiger partial charge in [-0.2, -0.15) is 4.98 Å². The highest BCUT2D eigenvalue weighted by Crippen LogP contribution is 2.21. The van der Waals surface area contributed by atoms with Crippen molar-refractivity contribution in [2.24, 2.45) is 0 Å². The summed E-state index contributed by atoms with van der Waals surface area (Å²) in [5.41, 5.74) is 7.05. The van der Waals surface area contributed by atoms with E-state index in [1.165, 1.54) is 22.3 Å². The van der Waals surface area contributed by atoms with Gasteiger partial charge in [0, 0.05) is 36.4 Å². The van der Waals surface area contributed by atoms with E-state index in [9.17, 15) is 0 Å². The van der Waals surface area contributed by atoms with Gasteiger partial charge >= 0.3 is 0 Å². The maximum Gasteiger partial charge on any atom is 0.229 e. The number of hydrogen-bond acceptors (Lipinski definition) is 4. The van der Waals surface area contributed by atoms with Crippen LogP contribution in [0.5, 0.6) is 0 Å². The molecule has 0 aliphatic rings. The van der Waals surface area contributed by atoms with Gasteiger partial charge in [0.15, 0.2) is 0 Å². The first-order chi connectivity index (χ1) is 12.3. The predicted octanol–water partition coefficient (Wildman–Crippen LogP) is 4.31. The molecule has 3 rings (SSSR count). The molecule has 136 valence electrons. The van der Waals surface area contributed by atoms with Crippen LogP contribution in [0.2, 0.25) is 0 Å². The Bertz CT molecular complexity index is 904. The minimum absolute atomic E-state index is 0.608. The molecule has 1 N–H and O–H groups in total. The van der Waals surface area contributed by atoms with Crippen molar-refractivity contribution >= 4 is 11.6 Å². The summed E-state index contributed by atoms with van der Waals surface area (Å²) in [5.74, 6) is 1.51. The van der Waals surface area contributed by atoms with E-state index >= 15 is 0 Å². The minimum atomic E-state index is 0.608. The van der Waals surface area contributed by atoms with Crippen molar-refractivity contribution in [3.63, 3.8) is 0 Å². The Kier molecular flexibility index (Phi) is 5.09. The van der Waals surface area contributed by atoms with Gasteiger partial charge in [-0.15, -0.1) is 0 Å². The topological polar surface area (TPSA) is 46.0 Å².